The predicted octanol–water partition coefficient (Wildman–Crippen LogP) is 1.33. The Balaban J connectivity index is 1.80. The summed E-state index contributed by atoms with van der Waals surface area (Å²) in [7, 11) is -2.20. The van der Waals surface area contributed by atoms with E-state index in [4.69, 9.17) is 15.2 Å². The van der Waals surface area contributed by atoms with Gasteiger partial charge in [-0.25, -0.2) is 8.42 Å². The first-order valence-electron chi connectivity index (χ1n) is 7.12. The number of fused-ring (bicyclic) bond motifs is 1. The molecule has 0 saturated heterocycles. The van der Waals surface area contributed by atoms with Crippen molar-refractivity contribution in [2.24, 2.45) is 5.73 Å². The fourth-order valence-corrected chi connectivity index (χ4v) is 3.51. The van der Waals surface area contributed by atoms with Gasteiger partial charge in [0.15, 0.2) is 11.5 Å². The average molecular weight is 348 g/mol. The molecule has 2 aromatic carbocycles. The lowest BCUT2D eigenvalue weighted by Crippen LogP contribution is -2.26. The number of primary amides is 1. The molecule has 1 heterocycles. The summed E-state index contributed by atoms with van der Waals surface area (Å²) in [6.07, 6.45) is 0. The Morgan fingerprint density at radius 3 is 2.46 bits per heavy atom. The van der Waals surface area contributed by atoms with Crippen molar-refractivity contribution >= 4 is 15.9 Å². The number of hydrogen-bond donors (Lipinski definition) is 1. The van der Waals surface area contributed by atoms with Gasteiger partial charge in [0.25, 0.3) is 0 Å². The molecule has 0 fully saturated rings. The monoisotopic (exact) mass is 348 g/mol. The van der Waals surface area contributed by atoms with Crippen molar-refractivity contribution in [3.63, 3.8) is 0 Å². The minimum absolute atomic E-state index is 0.0933. The maximum absolute atomic E-state index is 12.6. The highest BCUT2D eigenvalue weighted by Gasteiger charge is 2.22. The molecular formula is C16H16N2O5S. The summed E-state index contributed by atoms with van der Waals surface area (Å²) in [5.41, 5.74) is 6.19. The third-order valence-electron chi connectivity index (χ3n) is 3.69. The number of ether oxygens (including phenoxy) is 2. The van der Waals surface area contributed by atoms with E-state index in [0.717, 1.165) is 5.56 Å². The van der Waals surface area contributed by atoms with E-state index in [2.05, 4.69) is 0 Å². The summed E-state index contributed by atoms with van der Waals surface area (Å²) in [5.74, 6) is 0.642. The standard InChI is InChI=1S/C16H16N2O5S/c1-18(9-11-2-7-14-15(8-11)23-10-22-14)24(20,21)13-5-3-12(4-6-13)16(17)19/h2-8H,9-10H2,1H3,(H2,17,19). The number of rotatable bonds is 5. The van der Waals surface area contributed by atoms with Crippen molar-refractivity contribution < 1.29 is 22.7 Å². The van der Waals surface area contributed by atoms with Gasteiger partial charge in [0.2, 0.25) is 22.7 Å². The maximum atomic E-state index is 12.6. The highest BCUT2D eigenvalue weighted by Crippen LogP contribution is 2.33. The van der Waals surface area contributed by atoms with Crippen LogP contribution in [0.1, 0.15) is 15.9 Å². The number of nitrogens with zero attached hydrogens (tertiary/aromatic N) is 1. The molecule has 0 radical (unpaired) electrons. The van der Waals surface area contributed by atoms with Crippen LogP contribution in [0.2, 0.25) is 0 Å². The molecule has 126 valence electrons. The van der Waals surface area contributed by atoms with Crippen LogP contribution in [0, 0.1) is 0 Å². The van der Waals surface area contributed by atoms with Gasteiger partial charge in [0.1, 0.15) is 0 Å². The van der Waals surface area contributed by atoms with E-state index in [1.54, 1.807) is 18.2 Å². The molecule has 7 nitrogen and oxygen atoms in total. The Bertz CT molecular complexity index is 878. The second-order valence-electron chi connectivity index (χ2n) is 5.34. The van der Waals surface area contributed by atoms with E-state index in [1.165, 1.54) is 35.6 Å². The lowest BCUT2D eigenvalue weighted by Gasteiger charge is -2.17. The summed E-state index contributed by atoms with van der Waals surface area (Å²) in [5, 5.41) is 0. The first-order valence-corrected chi connectivity index (χ1v) is 8.56. The summed E-state index contributed by atoms with van der Waals surface area (Å²) < 4.78 is 37.0. The molecule has 0 bridgehead atoms. The number of hydrogen-bond acceptors (Lipinski definition) is 5. The fourth-order valence-electron chi connectivity index (χ4n) is 2.35. The molecule has 1 amide bonds. The SMILES string of the molecule is CN(Cc1ccc2c(c1)OCO2)S(=O)(=O)c1ccc(C(N)=O)cc1. The number of carbonyl (C=O) groups excluding carboxylic acids is 1. The summed E-state index contributed by atoms with van der Waals surface area (Å²) in [6, 6.07) is 10.8. The van der Waals surface area contributed by atoms with E-state index in [9.17, 15) is 13.2 Å². The Hall–Kier alpha value is -2.58. The second-order valence-corrected chi connectivity index (χ2v) is 7.38. The van der Waals surface area contributed by atoms with E-state index in [0.29, 0.717) is 11.5 Å². The van der Waals surface area contributed by atoms with Crippen LogP contribution in [0.25, 0.3) is 0 Å². The zero-order chi connectivity index (χ0) is 17.3. The highest BCUT2D eigenvalue weighted by molar-refractivity contribution is 7.89. The molecule has 0 spiro atoms. The quantitative estimate of drug-likeness (QED) is 0.879. The molecule has 1 aliphatic rings. The molecule has 0 atom stereocenters. The Morgan fingerprint density at radius 2 is 1.79 bits per heavy atom. The van der Waals surface area contributed by atoms with Crippen LogP contribution in [0.4, 0.5) is 0 Å². The van der Waals surface area contributed by atoms with Crippen molar-refractivity contribution in [1.82, 2.24) is 4.31 Å². The molecule has 0 aliphatic carbocycles. The van der Waals surface area contributed by atoms with Crippen LogP contribution in [-0.4, -0.2) is 32.5 Å². The number of carbonyl (C=O) groups is 1. The van der Waals surface area contributed by atoms with E-state index in [-0.39, 0.29) is 23.8 Å². The fraction of sp³-hybridized carbons (Fsp3) is 0.188. The lowest BCUT2D eigenvalue weighted by atomic mass is 10.2. The second kappa shape index (κ2) is 6.14. The number of sulfonamides is 1. The van der Waals surface area contributed by atoms with Crippen molar-refractivity contribution in [3.8, 4) is 11.5 Å². The third-order valence-corrected chi connectivity index (χ3v) is 5.51. The van der Waals surface area contributed by atoms with E-state index >= 15 is 0 Å². The van der Waals surface area contributed by atoms with Gasteiger partial charge >= 0.3 is 0 Å². The largest absolute Gasteiger partial charge is 0.454 e. The predicted molar refractivity (Wildman–Crippen MR) is 86.2 cm³/mol. The van der Waals surface area contributed by atoms with Crippen molar-refractivity contribution in [3.05, 3.63) is 53.6 Å². The number of nitrogens with two attached hydrogens (primary N) is 1. The van der Waals surface area contributed by atoms with Crippen LogP contribution in [0.5, 0.6) is 11.5 Å². The van der Waals surface area contributed by atoms with Gasteiger partial charge in [-0.15, -0.1) is 0 Å². The van der Waals surface area contributed by atoms with E-state index < -0.39 is 15.9 Å². The van der Waals surface area contributed by atoms with Crippen LogP contribution < -0.4 is 15.2 Å². The molecule has 1 aliphatic heterocycles. The third kappa shape index (κ3) is 3.06. The normalized spacial score (nSPS) is 13.2. The summed E-state index contributed by atoms with van der Waals surface area (Å²) in [4.78, 5) is 11.2. The van der Waals surface area contributed by atoms with Gasteiger partial charge < -0.3 is 15.2 Å². The number of amides is 1. The zero-order valence-electron chi connectivity index (χ0n) is 12.9. The van der Waals surface area contributed by atoms with E-state index in [1.807, 2.05) is 0 Å². The summed E-state index contributed by atoms with van der Waals surface area (Å²) >= 11 is 0. The van der Waals surface area contributed by atoms with Crippen molar-refractivity contribution in [1.29, 1.82) is 0 Å². The average Bonchev–Trinajstić information content (AvgIpc) is 3.02. The van der Waals surface area contributed by atoms with Crippen LogP contribution in [0.15, 0.2) is 47.4 Å². The van der Waals surface area contributed by atoms with Crippen LogP contribution in [-0.2, 0) is 16.6 Å². The van der Waals surface area contributed by atoms with Crippen molar-refractivity contribution in [2.45, 2.75) is 11.4 Å². The molecule has 3 rings (SSSR count). The Labute approximate surface area is 139 Å². The van der Waals surface area contributed by atoms with Crippen LogP contribution in [0.3, 0.4) is 0 Å². The molecule has 0 saturated carbocycles. The van der Waals surface area contributed by atoms with Gasteiger partial charge in [-0.1, -0.05) is 6.07 Å². The van der Waals surface area contributed by atoms with Gasteiger partial charge in [-0.3, -0.25) is 4.79 Å². The summed E-state index contributed by atoms with van der Waals surface area (Å²) in [6.45, 7) is 0.343. The highest BCUT2D eigenvalue weighted by atomic mass is 32.2. The molecule has 8 heteroatoms. The maximum Gasteiger partial charge on any atom is 0.248 e. The molecule has 0 aromatic heterocycles. The van der Waals surface area contributed by atoms with Gasteiger partial charge in [-0.2, -0.15) is 4.31 Å². The lowest BCUT2D eigenvalue weighted by molar-refractivity contribution is 0.1000. The minimum Gasteiger partial charge on any atom is -0.454 e. The van der Waals surface area contributed by atoms with Gasteiger partial charge in [0.05, 0.1) is 4.90 Å². The van der Waals surface area contributed by atoms with Gasteiger partial charge in [0, 0.05) is 19.2 Å². The molecule has 2 aromatic rings. The molecular weight excluding hydrogens is 332 g/mol. The minimum atomic E-state index is -3.68. The number of benzene rings is 2. The zero-order valence-corrected chi connectivity index (χ0v) is 13.7. The topological polar surface area (TPSA) is 98.9 Å². The van der Waals surface area contributed by atoms with Crippen LogP contribution >= 0.6 is 0 Å². The Kier molecular flexibility index (Phi) is 4.16. The molecule has 2 N–H and O–H groups in total. The first kappa shape index (κ1) is 16.3. The molecule has 0 unspecified atom stereocenters. The van der Waals surface area contributed by atoms with Gasteiger partial charge in [-0.05, 0) is 42.0 Å². The Morgan fingerprint density at radius 1 is 1.12 bits per heavy atom. The first-order chi connectivity index (χ1) is 11.4. The smallest absolute Gasteiger partial charge is 0.248 e. The molecule has 24 heavy (non-hydrogen) atoms. The van der Waals surface area contributed by atoms with Crippen molar-refractivity contribution in [2.75, 3.05) is 13.8 Å².